The second kappa shape index (κ2) is 3.31. The molecule has 3 heteroatoms. The molecule has 3 rings (SSSR count). The van der Waals surface area contributed by atoms with Crippen molar-refractivity contribution in [2.75, 3.05) is 17.2 Å². The van der Waals surface area contributed by atoms with Gasteiger partial charge in [0.1, 0.15) is 0 Å². The fourth-order valence-electron chi connectivity index (χ4n) is 3.01. The van der Waals surface area contributed by atoms with Gasteiger partial charge in [0.2, 0.25) is 0 Å². The van der Waals surface area contributed by atoms with Gasteiger partial charge < -0.3 is 10.6 Å². The molecule has 1 aromatic carbocycles. The molecule has 2 bridgehead atoms. The van der Waals surface area contributed by atoms with Gasteiger partial charge in [-0.3, -0.25) is 0 Å². The Kier molecular flexibility index (Phi) is 2.06. The Morgan fingerprint density at radius 1 is 1.33 bits per heavy atom. The first-order chi connectivity index (χ1) is 7.24. The number of anilines is 2. The van der Waals surface area contributed by atoms with Crippen molar-refractivity contribution in [3.8, 4) is 0 Å². The van der Waals surface area contributed by atoms with Crippen LogP contribution in [0.2, 0.25) is 5.02 Å². The Balaban J connectivity index is 1.93. The lowest BCUT2D eigenvalue weighted by atomic mass is 10.1. The first-order valence-corrected chi connectivity index (χ1v) is 5.93. The zero-order valence-electron chi connectivity index (χ0n) is 8.62. The van der Waals surface area contributed by atoms with Crippen molar-refractivity contribution in [2.45, 2.75) is 25.3 Å². The molecular weight excluding hydrogens is 208 g/mol. The van der Waals surface area contributed by atoms with Gasteiger partial charge in [-0.25, -0.2) is 0 Å². The Morgan fingerprint density at radius 3 is 2.80 bits per heavy atom. The number of nitrogens with two attached hydrogens (primary N) is 1. The van der Waals surface area contributed by atoms with Crippen LogP contribution in [-0.2, 0) is 0 Å². The number of fused-ring (bicyclic) bond motifs is 2. The molecule has 2 fully saturated rings. The van der Waals surface area contributed by atoms with Gasteiger partial charge in [0.25, 0.3) is 0 Å². The Morgan fingerprint density at radius 2 is 2.20 bits per heavy atom. The maximum Gasteiger partial charge on any atom is 0.0603 e. The molecule has 2 aliphatic rings. The molecule has 1 aliphatic heterocycles. The summed E-state index contributed by atoms with van der Waals surface area (Å²) in [6.45, 7) is 1.18. The highest BCUT2D eigenvalue weighted by Crippen LogP contribution is 2.42. The monoisotopic (exact) mass is 222 g/mol. The molecule has 1 saturated heterocycles. The lowest BCUT2D eigenvalue weighted by molar-refractivity contribution is 0.554. The van der Waals surface area contributed by atoms with Crippen LogP contribution in [0.15, 0.2) is 18.2 Å². The summed E-state index contributed by atoms with van der Waals surface area (Å²) >= 11 is 5.90. The SMILES string of the molecule is Nc1cc(Cl)ccc1N1CC2CCC1C2. The zero-order chi connectivity index (χ0) is 10.4. The normalized spacial score (nSPS) is 28.7. The van der Waals surface area contributed by atoms with Gasteiger partial charge in [-0.1, -0.05) is 11.6 Å². The van der Waals surface area contributed by atoms with E-state index < -0.39 is 0 Å². The number of halogens is 1. The molecule has 1 aromatic rings. The van der Waals surface area contributed by atoms with Crippen molar-refractivity contribution in [1.82, 2.24) is 0 Å². The molecule has 2 atom stereocenters. The van der Waals surface area contributed by atoms with Crippen molar-refractivity contribution in [2.24, 2.45) is 5.92 Å². The van der Waals surface area contributed by atoms with E-state index in [1.807, 2.05) is 12.1 Å². The highest BCUT2D eigenvalue weighted by atomic mass is 35.5. The fraction of sp³-hybridized carbons (Fsp3) is 0.500. The maximum absolute atomic E-state index is 6.01. The van der Waals surface area contributed by atoms with E-state index in [-0.39, 0.29) is 0 Å². The fourth-order valence-corrected chi connectivity index (χ4v) is 3.19. The molecule has 2 N–H and O–H groups in total. The van der Waals surface area contributed by atoms with Crippen molar-refractivity contribution < 1.29 is 0 Å². The van der Waals surface area contributed by atoms with Crippen molar-refractivity contribution in [1.29, 1.82) is 0 Å². The molecule has 0 spiro atoms. The van der Waals surface area contributed by atoms with E-state index in [1.165, 1.54) is 31.5 Å². The summed E-state index contributed by atoms with van der Waals surface area (Å²) in [5, 5.41) is 0.723. The van der Waals surface area contributed by atoms with E-state index in [2.05, 4.69) is 11.0 Å². The van der Waals surface area contributed by atoms with E-state index in [0.717, 1.165) is 22.7 Å². The Hall–Kier alpha value is -0.890. The molecule has 2 unspecified atom stereocenters. The minimum atomic E-state index is 0.721. The quantitative estimate of drug-likeness (QED) is 0.741. The maximum atomic E-state index is 6.01. The second-order valence-electron chi connectivity index (χ2n) is 4.69. The Bertz CT molecular complexity index is 391. The summed E-state index contributed by atoms with van der Waals surface area (Å²) in [4.78, 5) is 2.46. The lowest BCUT2D eigenvalue weighted by Crippen LogP contribution is -2.32. The van der Waals surface area contributed by atoms with E-state index in [1.54, 1.807) is 0 Å². The number of nitrogens with zero attached hydrogens (tertiary/aromatic N) is 1. The Labute approximate surface area is 95.0 Å². The van der Waals surface area contributed by atoms with Crippen LogP contribution in [0.25, 0.3) is 0 Å². The molecule has 1 saturated carbocycles. The van der Waals surface area contributed by atoms with Gasteiger partial charge in [0.15, 0.2) is 0 Å². The van der Waals surface area contributed by atoms with Crippen LogP contribution in [0.1, 0.15) is 19.3 Å². The van der Waals surface area contributed by atoms with Crippen LogP contribution in [0, 0.1) is 5.92 Å². The van der Waals surface area contributed by atoms with Crippen molar-refractivity contribution in [3.63, 3.8) is 0 Å². The molecule has 15 heavy (non-hydrogen) atoms. The molecule has 1 heterocycles. The summed E-state index contributed by atoms with van der Waals surface area (Å²) in [5.41, 5.74) is 7.99. The van der Waals surface area contributed by atoms with E-state index in [0.29, 0.717) is 0 Å². The highest BCUT2D eigenvalue weighted by molar-refractivity contribution is 6.31. The van der Waals surface area contributed by atoms with E-state index in [4.69, 9.17) is 17.3 Å². The number of hydrogen-bond acceptors (Lipinski definition) is 2. The number of hydrogen-bond donors (Lipinski definition) is 1. The third-order valence-electron chi connectivity index (χ3n) is 3.71. The van der Waals surface area contributed by atoms with Gasteiger partial charge in [-0.2, -0.15) is 0 Å². The summed E-state index contributed by atoms with van der Waals surface area (Å²) in [6.07, 6.45) is 4.07. The van der Waals surface area contributed by atoms with Gasteiger partial charge in [0.05, 0.1) is 11.4 Å². The number of rotatable bonds is 1. The summed E-state index contributed by atoms with van der Waals surface area (Å²) < 4.78 is 0. The van der Waals surface area contributed by atoms with E-state index >= 15 is 0 Å². The molecule has 0 amide bonds. The first-order valence-electron chi connectivity index (χ1n) is 5.55. The summed E-state index contributed by atoms with van der Waals surface area (Å²) in [5.74, 6) is 0.894. The minimum absolute atomic E-state index is 0.721. The molecular formula is C12H15ClN2. The molecule has 0 aromatic heterocycles. The number of piperidine rings is 1. The van der Waals surface area contributed by atoms with Crippen LogP contribution in [-0.4, -0.2) is 12.6 Å². The third-order valence-corrected chi connectivity index (χ3v) is 3.94. The molecule has 0 radical (unpaired) electrons. The molecule has 80 valence electrons. The number of benzene rings is 1. The number of nitrogen functional groups attached to an aromatic ring is 1. The van der Waals surface area contributed by atoms with Gasteiger partial charge in [0, 0.05) is 17.6 Å². The zero-order valence-corrected chi connectivity index (χ0v) is 9.37. The van der Waals surface area contributed by atoms with Crippen molar-refractivity contribution in [3.05, 3.63) is 23.2 Å². The topological polar surface area (TPSA) is 29.3 Å². The predicted molar refractivity (Wildman–Crippen MR) is 64.3 cm³/mol. The smallest absolute Gasteiger partial charge is 0.0603 e. The van der Waals surface area contributed by atoms with Crippen LogP contribution >= 0.6 is 11.6 Å². The second-order valence-corrected chi connectivity index (χ2v) is 5.12. The molecule has 1 aliphatic carbocycles. The van der Waals surface area contributed by atoms with Gasteiger partial charge in [-0.15, -0.1) is 0 Å². The van der Waals surface area contributed by atoms with Gasteiger partial charge >= 0.3 is 0 Å². The summed E-state index contributed by atoms with van der Waals surface area (Å²) in [6, 6.07) is 6.55. The van der Waals surface area contributed by atoms with Crippen LogP contribution in [0.4, 0.5) is 11.4 Å². The van der Waals surface area contributed by atoms with Crippen LogP contribution < -0.4 is 10.6 Å². The highest BCUT2D eigenvalue weighted by Gasteiger charge is 2.38. The third kappa shape index (κ3) is 1.48. The average Bonchev–Trinajstić information content (AvgIpc) is 2.78. The predicted octanol–water partition coefficient (Wildman–Crippen LogP) is 2.91. The van der Waals surface area contributed by atoms with Crippen molar-refractivity contribution >= 4 is 23.0 Å². The van der Waals surface area contributed by atoms with Gasteiger partial charge in [-0.05, 0) is 43.4 Å². The summed E-state index contributed by atoms with van der Waals surface area (Å²) in [7, 11) is 0. The largest absolute Gasteiger partial charge is 0.397 e. The average molecular weight is 223 g/mol. The lowest BCUT2D eigenvalue weighted by Gasteiger charge is -2.30. The van der Waals surface area contributed by atoms with Crippen LogP contribution in [0.5, 0.6) is 0 Å². The van der Waals surface area contributed by atoms with Crippen LogP contribution in [0.3, 0.4) is 0 Å². The molecule has 2 nitrogen and oxygen atoms in total. The standard InChI is InChI=1S/C12H15ClN2/c13-9-2-4-12(11(14)6-9)15-7-8-1-3-10(15)5-8/h2,4,6,8,10H,1,3,5,7,14H2. The minimum Gasteiger partial charge on any atom is -0.397 e. The van der Waals surface area contributed by atoms with E-state index in [9.17, 15) is 0 Å². The first kappa shape index (κ1) is 9.34.